The molecular formula is C20H22N8O2S2. The van der Waals surface area contributed by atoms with Crippen molar-refractivity contribution < 1.29 is 8.42 Å². The number of H-pyrrole nitrogens is 1. The molecule has 0 saturated heterocycles. The van der Waals surface area contributed by atoms with E-state index in [9.17, 15) is 8.42 Å². The van der Waals surface area contributed by atoms with Crippen molar-refractivity contribution in [1.29, 1.82) is 0 Å². The summed E-state index contributed by atoms with van der Waals surface area (Å²) in [5.41, 5.74) is 8.51. The lowest BCUT2D eigenvalue weighted by molar-refractivity contribution is 0.411. The van der Waals surface area contributed by atoms with Gasteiger partial charge in [0.2, 0.25) is 10.0 Å². The minimum absolute atomic E-state index is 0.0577. The molecule has 6 N–H and O–H groups in total. The highest BCUT2D eigenvalue weighted by Gasteiger charge is 2.24. The maximum absolute atomic E-state index is 12.3. The van der Waals surface area contributed by atoms with Crippen molar-refractivity contribution in [3.05, 3.63) is 36.4 Å². The standard InChI is InChI=1S/C20H22N8O2S2/c21-11-7-9-12(10-8-11)23-20-24-18-14(4-1-5-15(18)31-20)13-3-2-6-16(32(22,29)30)17(13)19-25-27-28-26-19/h1-6,11-12H,7-10,21H2,(H,23,24)(H2,22,29,30)(H,25,26,27,28). The number of aromatic nitrogens is 5. The topological polar surface area (TPSA) is 166 Å². The largest absolute Gasteiger partial charge is 0.359 e. The number of benzene rings is 2. The van der Waals surface area contributed by atoms with Gasteiger partial charge in [-0.2, -0.15) is 0 Å². The van der Waals surface area contributed by atoms with Crippen LogP contribution in [0.4, 0.5) is 5.13 Å². The lowest BCUT2D eigenvalue weighted by atomic mass is 9.92. The summed E-state index contributed by atoms with van der Waals surface area (Å²) in [6, 6.07) is 11.4. The number of nitrogens with zero attached hydrogens (tertiary/aromatic N) is 4. The van der Waals surface area contributed by atoms with Crippen LogP contribution < -0.4 is 16.2 Å². The van der Waals surface area contributed by atoms with Gasteiger partial charge < -0.3 is 11.1 Å². The van der Waals surface area contributed by atoms with Crippen molar-refractivity contribution >= 4 is 36.7 Å². The summed E-state index contributed by atoms with van der Waals surface area (Å²) in [5.74, 6) is 0.216. The number of hydrogen-bond acceptors (Lipinski definition) is 9. The van der Waals surface area contributed by atoms with Gasteiger partial charge in [0.1, 0.15) is 0 Å². The number of hydrogen-bond donors (Lipinski definition) is 4. The number of anilines is 1. The molecule has 2 heterocycles. The van der Waals surface area contributed by atoms with Gasteiger partial charge in [0.25, 0.3) is 0 Å². The van der Waals surface area contributed by atoms with Crippen LogP contribution in [-0.4, -0.2) is 46.1 Å². The van der Waals surface area contributed by atoms with Crippen LogP contribution in [0.15, 0.2) is 41.3 Å². The third-order valence-electron chi connectivity index (χ3n) is 5.72. The van der Waals surface area contributed by atoms with Crippen LogP contribution in [0.5, 0.6) is 0 Å². The van der Waals surface area contributed by atoms with E-state index in [0.29, 0.717) is 17.2 Å². The molecule has 1 fully saturated rings. The maximum atomic E-state index is 12.3. The first-order chi connectivity index (χ1) is 15.4. The first-order valence-electron chi connectivity index (χ1n) is 10.2. The zero-order valence-corrected chi connectivity index (χ0v) is 18.7. The average Bonchev–Trinajstić information content (AvgIpc) is 3.43. The first-order valence-corrected chi connectivity index (χ1v) is 12.6. The van der Waals surface area contributed by atoms with Crippen LogP contribution in [0.25, 0.3) is 32.7 Å². The fourth-order valence-corrected chi connectivity index (χ4v) is 5.90. The molecule has 1 aliphatic carbocycles. The van der Waals surface area contributed by atoms with Crippen LogP contribution in [-0.2, 0) is 10.0 Å². The van der Waals surface area contributed by atoms with E-state index in [2.05, 4.69) is 25.9 Å². The van der Waals surface area contributed by atoms with E-state index < -0.39 is 10.0 Å². The van der Waals surface area contributed by atoms with Gasteiger partial charge in [0, 0.05) is 23.2 Å². The van der Waals surface area contributed by atoms with Gasteiger partial charge in [-0.05, 0) is 53.8 Å². The minimum atomic E-state index is -4.02. The second-order valence-corrected chi connectivity index (χ2v) is 10.5. The molecule has 1 saturated carbocycles. The predicted octanol–water partition coefficient (Wildman–Crippen LogP) is 2.47. The first kappa shape index (κ1) is 20.9. The number of primary sulfonamides is 1. The molecule has 12 heteroatoms. The number of thiazole rings is 1. The van der Waals surface area contributed by atoms with Crippen molar-refractivity contribution in [2.24, 2.45) is 10.9 Å². The van der Waals surface area contributed by atoms with E-state index in [4.69, 9.17) is 15.9 Å². The van der Waals surface area contributed by atoms with Gasteiger partial charge in [-0.1, -0.05) is 35.6 Å². The van der Waals surface area contributed by atoms with Crippen molar-refractivity contribution in [2.75, 3.05) is 5.32 Å². The number of fused-ring (bicyclic) bond motifs is 1. The highest BCUT2D eigenvalue weighted by Crippen LogP contribution is 2.40. The highest BCUT2D eigenvalue weighted by atomic mass is 32.2. The van der Waals surface area contributed by atoms with E-state index in [0.717, 1.165) is 46.6 Å². The fraction of sp³-hybridized carbons (Fsp3) is 0.300. The lowest BCUT2D eigenvalue weighted by Gasteiger charge is -2.26. The molecule has 4 aromatic rings. The Balaban J connectivity index is 1.62. The third kappa shape index (κ3) is 3.97. The summed E-state index contributed by atoms with van der Waals surface area (Å²) in [6.45, 7) is 0. The number of aromatic amines is 1. The molecule has 0 aliphatic heterocycles. The maximum Gasteiger partial charge on any atom is 0.238 e. The zero-order valence-electron chi connectivity index (χ0n) is 17.0. The Hall–Kier alpha value is -2.93. The van der Waals surface area contributed by atoms with E-state index in [1.54, 1.807) is 17.4 Å². The fourth-order valence-electron chi connectivity index (χ4n) is 4.17. The van der Waals surface area contributed by atoms with E-state index in [1.165, 1.54) is 6.07 Å². The van der Waals surface area contributed by atoms with Gasteiger partial charge in [-0.25, -0.2) is 23.6 Å². The van der Waals surface area contributed by atoms with Crippen LogP contribution in [0.2, 0.25) is 0 Å². The summed E-state index contributed by atoms with van der Waals surface area (Å²) >= 11 is 1.57. The zero-order chi connectivity index (χ0) is 22.3. The molecule has 0 radical (unpaired) electrons. The van der Waals surface area contributed by atoms with Crippen molar-refractivity contribution in [1.82, 2.24) is 25.6 Å². The van der Waals surface area contributed by atoms with Gasteiger partial charge in [0.15, 0.2) is 11.0 Å². The number of tetrazole rings is 1. The second-order valence-electron chi connectivity index (χ2n) is 7.90. The summed E-state index contributed by atoms with van der Waals surface area (Å²) in [4.78, 5) is 4.79. The van der Waals surface area contributed by atoms with Crippen LogP contribution in [0.1, 0.15) is 25.7 Å². The van der Waals surface area contributed by atoms with Crippen molar-refractivity contribution in [3.8, 4) is 22.5 Å². The normalized spacial score (nSPS) is 19.3. The molecule has 2 aromatic carbocycles. The summed E-state index contributed by atoms with van der Waals surface area (Å²) in [5, 5.41) is 23.7. The molecule has 2 aromatic heterocycles. The quantitative estimate of drug-likeness (QED) is 0.345. The minimum Gasteiger partial charge on any atom is -0.359 e. The van der Waals surface area contributed by atoms with Gasteiger partial charge in [0.05, 0.1) is 15.1 Å². The molecule has 0 amide bonds. The number of nitrogens with one attached hydrogen (secondary N) is 2. The predicted molar refractivity (Wildman–Crippen MR) is 123 cm³/mol. The molecule has 0 unspecified atom stereocenters. The number of sulfonamides is 1. The summed E-state index contributed by atoms with van der Waals surface area (Å²) in [7, 11) is -4.02. The van der Waals surface area contributed by atoms with Crippen molar-refractivity contribution in [3.63, 3.8) is 0 Å². The molecule has 1 aliphatic rings. The van der Waals surface area contributed by atoms with E-state index in [-0.39, 0.29) is 16.8 Å². The molecule has 0 bridgehead atoms. The van der Waals surface area contributed by atoms with E-state index in [1.807, 2.05) is 24.3 Å². The Morgan fingerprint density at radius 3 is 2.53 bits per heavy atom. The molecule has 166 valence electrons. The Morgan fingerprint density at radius 2 is 1.81 bits per heavy atom. The monoisotopic (exact) mass is 470 g/mol. The Morgan fingerprint density at radius 1 is 1.06 bits per heavy atom. The highest BCUT2D eigenvalue weighted by molar-refractivity contribution is 7.89. The number of para-hydroxylation sites is 1. The smallest absolute Gasteiger partial charge is 0.238 e. The van der Waals surface area contributed by atoms with Crippen LogP contribution >= 0.6 is 11.3 Å². The number of nitrogens with two attached hydrogens (primary N) is 2. The Bertz CT molecular complexity index is 1360. The molecule has 32 heavy (non-hydrogen) atoms. The van der Waals surface area contributed by atoms with Gasteiger partial charge >= 0.3 is 0 Å². The van der Waals surface area contributed by atoms with Crippen molar-refractivity contribution in [2.45, 2.75) is 42.7 Å². The lowest BCUT2D eigenvalue weighted by Crippen LogP contribution is -2.32. The number of rotatable bonds is 5. The van der Waals surface area contributed by atoms with Gasteiger partial charge in [-0.15, -0.1) is 5.10 Å². The average molecular weight is 471 g/mol. The summed E-state index contributed by atoms with van der Waals surface area (Å²) in [6.07, 6.45) is 4.04. The summed E-state index contributed by atoms with van der Waals surface area (Å²) < 4.78 is 25.6. The Labute approximate surface area is 188 Å². The van der Waals surface area contributed by atoms with Gasteiger partial charge in [-0.3, -0.25) is 0 Å². The SMILES string of the molecule is NC1CCC(Nc2nc3c(-c4cccc(S(N)(=O)=O)c4-c4nnn[nH]4)cccc3s2)CC1. The molecule has 0 atom stereocenters. The van der Waals surface area contributed by atoms with E-state index >= 15 is 0 Å². The second kappa shape index (κ2) is 8.20. The molecular weight excluding hydrogens is 448 g/mol. The van der Waals surface area contributed by atoms with Crippen LogP contribution in [0.3, 0.4) is 0 Å². The van der Waals surface area contributed by atoms with Crippen LogP contribution in [0, 0.1) is 0 Å². The molecule has 5 rings (SSSR count). The molecule has 10 nitrogen and oxygen atoms in total. The Kier molecular flexibility index (Phi) is 5.37. The molecule has 0 spiro atoms. The third-order valence-corrected chi connectivity index (χ3v) is 7.63.